The Kier molecular flexibility index (Phi) is 3.71. The number of hydrogen-bond donors (Lipinski definition) is 2. The Morgan fingerprint density at radius 2 is 2.26 bits per heavy atom. The molecule has 0 radical (unpaired) electrons. The number of anilines is 1. The molecule has 5 nitrogen and oxygen atoms in total. The molecule has 1 amide bonds. The molecule has 0 atom stereocenters. The monoisotopic (exact) mass is 279 g/mol. The van der Waals surface area contributed by atoms with Crippen molar-refractivity contribution >= 4 is 28.8 Å². The molecular formula is C13H17N3O2S. The fourth-order valence-electron chi connectivity index (χ4n) is 2.45. The number of aromatic nitrogens is 1. The first-order valence-corrected chi connectivity index (χ1v) is 6.50. The lowest BCUT2D eigenvalue weighted by molar-refractivity contribution is -0.127. The van der Waals surface area contributed by atoms with Crippen LogP contribution in [-0.2, 0) is 4.79 Å². The van der Waals surface area contributed by atoms with Gasteiger partial charge < -0.3 is 15.8 Å². The number of nitrogens with zero attached hydrogens (tertiary/aromatic N) is 1. The normalized spacial score (nSPS) is 25.3. The van der Waals surface area contributed by atoms with E-state index >= 15 is 0 Å². The summed E-state index contributed by atoms with van der Waals surface area (Å²) in [4.78, 5) is 16.6. The van der Waals surface area contributed by atoms with E-state index in [0.717, 1.165) is 0 Å². The molecule has 0 bridgehead atoms. The Morgan fingerprint density at radius 3 is 2.68 bits per heavy atom. The molecule has 0 aromatic carbocycles. The molecule has 102 valence electrons. The SMILES string of the molecule is COc1ccc(NC(=O)C2(C(N)=S)CC(C)C2)cn1. The minimum atomic E-state index is -0.700. The fraction of sp³-hybridized carbons (Fsp3) is 0.462. The molecule has 0 unspecified atom stereocenters. The molecule has 2 rings (SSSR count). The molecule has 1 saturated carbocycles. The van der Waals surface area contributed by atoms with E-state index in [-0.39, 0.29) is 10.9 Å². The van der Waals surface area contributed by atoms with Crippen molar-refractivity contribution in [3.8, 4) is 5.88 Å². The number of nitrogens with two attached hydrogens (primary N) is 1. The van der Waals surface area contributed by atoms with Crippen LogP contribution in [0.25, 0.3) is 0 Å². The van der Waals surface area contributed by atoms with Crippen molar-refractivity contribution in [2.24, 2.45) is 17.1 Å². The zero-order valence-corrected chi connectivity index (χ0v) is 11.8. The highest BCUT2D eigenvalue weighted by Crippen LogP contribution is 2.46. The van der Waals surface area contributed by atoms with Crippen LogP contribution < -0.4 is 15.8 Å². The van der Waals surface area contributed by atoms with Gasteiger partial charge in [-0.15, -0.1) is 0 Å². The van der Waals surface area contributed by atoms with Crippen LogP contribution in [0, 0.1) is 11.3 Å². The number of pyridine rings is 1. The van der Waals surface area contributed by atoms with Crippen molar-refractivity contribution in [2.75, 3.05) is 12.4 Å². The van der Waals surface area contributed by atoms with Crippen molar-refractivity contribution in [3.63, 3.8) is 0 Å². The Hall–Kier alpha value is -1.69. The molecule has 19 heavy (non-hydrogen) atoms. The van der Waals surface area contributed by atoms with Gasteiger partial charge in [0.05, 0.1) is 29.4 Å². The van der Waals surface area contributed by atoms with Crippen LogP contribution >= 0.6 is 12.2 Å². The third-order valence-corrected chi connectivity index (χ3v) is 3.89. The lowest BCUT2D eigenvalue weighted by atomic mass is 9.62. The van der Waals surface area contributed by atoms with Gasteiger partial charge in [-0.2, -0.15) is 0 Å². The van der Waals surface area contributed by atoms with Crippen LogP contribution in [0.4, 0.5) is 5.69 Å². The predicted molar refractivity (Wildman–Crippen MR) is 77.0 cm³/mol. The molecule has 1 aliphatic carbocycles. The zero-order valence-electron chi connectivity index (χ0n) is 11.0. The summed E-state index contributed by atoms with van der Waals surface area (Å²) >= 11 is 5.05. The number of methoxy groups -OCH3 is 1. The summed E-state index contributed by atoms with van der Waals surface area (Å²) in [6, 6.07) is 3.42. The minimum absolute atomic E-state index is 0.148. The van der Waals surface area contributed by atoms with E-state index in [1.165, 1.54) is 7.11 Å². The molecule has 0 aliphatic heterocycles. The van der Waals surface area contributed by atoms with E-state index in [9.17, 15) is 4.79 Å². The van der Waals surface area contributed by atoms with Crippen LogP contribution in [0.1, 0.15) is 19.8 Å². The first-order chi connectivity index (χ1) is 8.98. The molecule has 1 heterocycles. The molecule has 1 fully saturated rings. The quantitative estimate of drug-likeness (QED) is 0.821. The second-order valence-electron chi connectivity index (χ2n) is 5.00. The highest BCUT2D eigenvalue weighted by molar-refractivity contribution is 7.80. The summed E-state index contributed by atoms with van der Waals surface area (Å²) in [5, 5.41) is 2.81. The lowest BCUT2D eigenvalue weighted by Gasteiger charge is -2.44. The second kappa shape index (κ2) is 5.13. The highest BCUT2D eigenvalue weighted by atomic mass is 32.1. The van der Waals surface area contributed by atoms with Gasteiger partial charge in [-0.05, 0) is 24.8 Å². The van der Waals surface area contributed by atoms with Crippen LogP contribution in [0.15, 0.2) is 18.3 Å². The number of amides is 1. The maximum absolute atomic E-state index is 12.3. The summed E-state index contributed by atoms with van der Waals surface area (Å²) in [5.74, 6) is 0.825. The van der Waals surface area contributed by atoms with Crippen LogP contribution in [-0.4, -0.2) is 23.0 Å². The van der Waals surface area contributed by atoms with Gasteiger partial charge in [0.15, 0.2) is 0 Å². The van der Waals surface area contributed by atoms with Gasteiger partial charge in [0.1, 0.15) is 0 Å². The minimum Gasteiger partial charge on any atom is -0.481 e. The third-order valence-electron chi connectivity index (χ3n) is 3.50. The molecule has 0 spiro atoms. The number of rotatable bonds is 4. The van der Waals surface area contributed by atoms with Gasteiger partial charge in [0.2, 0.25) is 11.8 Å². The number of carbonyl (C=O) groups excluding carboxylic acids is 1. The Balaban J connectivity index is 2.09. The standard InChI is InChI=1S/C13H17N3O2S/c1-8-5-13(6-8,11(14)19)12(17)16-9-3-4-10(18-2)15-7-9/h3-4,7-8H,5-6H2,1-2H3,(H2,14,19)(H,16,17). The molecule has 1 aromatic heterocycles. The smallest absolute Gasteiger partial charge is 0.237 e. The maximum atomic E-state index is 12.3. The number of carbonyl (C=O) groups is 1. The van der Waals surface area contributed by atoms with E-state index in [1.807, 2.05) is 0 Å². The molecular weight excluding hydrogens is 262 g/mol. The summed E-state index contributed by atoms with van der Waals surface area (Å²) < 4.78 is 4.96. The van der Waals surface area contributed by atoms with Crippen molar-refractivity contribution in [1.82, 2.24) is 4.98 Å². The van der Waals surface area contributed by atoms with Crippen LogP contribution in [0.2, 0.25) is 0 Å². The van der Waals surface area contributed by atoms with Gasteiger partial charge in [-0.1, -0.05) is 19.1 Å². The summed E-state index contributed by atoms with van der Waals surface area (Å²) in [6.07, 6.45) is 2.96. The first-order valence-electron chi connectivity index (χ1n) is 6.09. The summed E-state index contributed by atoms with van der Waals surface area (Å²) in [5.41, 5.74) is 5.64. The van der Waals surface area contributed by atoms with Gasteiger partial charge in [-0.3, -0.25) is 4.79 Å². The molecule has 1 aliphatic rings. The average Bonchev–Trinajstić information content (AvgIpc) is 2.35. The zero-order chi connectivity index (χ0) is 14.0. The summed E-state index contributed by atoms with van der Waals surface area (Å²) in [6.45, 7) is 2.08. The fourth-order valence-corrected chi connectivity index (χ4v) is 2.71. The Bertz CT molecular complexity index is 495. The average molecular weight is 279 g/mol. The van der Waals surface area contributed by atoms with Crippen LogP contribution in [0.3, 0.4) is 0 Å². The van der Waals surface area contributed by atoms with Crippen molar-refractivity contribution in [3.05, 3.63) is 18.3 Å². The first kappa shape index (κ1) is 13.7. The Labute approximate surface area is 117 Å². The summed E-state index contributed by atoms with van der Waals surface area (Å²) in [7, 11) is 1.54. The van der Waals surface area contributed by atoms with E-state index in [2.05, 4.69) is 17.2 Å². The predicted octanol–water partition coefficient (Wildman–Crippen LogP) is 1.73. The van der Waals surface area contributed by atoms with Crippen molar-refractivity contribution in [1.29, 1.82) is 0 Å². The maximum Gasteiger partial charge on any atom is 0.237 e. The largest absolute Gasteiger partial charge is 0.481 e. The van der Waals surface area contributed by atoms with E-state index in [4.69, 9.17) is 22.7 Å². The molecule has 0 saturated heterocycles. The van der Waals surface area contributed by atoms with Gasteiger partial charge in [0.25, 0.3) is 0 Å². The third kappa shape index (κ3) is 2.53. The number of thiocarbonyl (C=S) groups is 1. The number of nitrogens with one attached hydrogen (secondary N) is 1. The molecule has 3 N–H and O–H groups in total. The van der Waals surface area contributed by atoms with Gasteiger partial charge in [-0.25, -0.2) is 4.98 Å². The lowest BCUT2D eigenvalue weighted by Crippen LogP contribution is -2.53. The van der Waals surface area contributed by atoms with Gasteiger partial charge in [0, 0.05) is 6.07 Å². The topological polar surface area (TPSA) is 77.2 Å². The van der Waals surface area contributed by atoms with E-state index in [0.29, 0.717) is 30.3 Å². The Morgan fingerprint density at radius 1 is 1.58 bits per heavy atom. The van der Waals surface area contributed by atoms with Crippen molar-refractivity contribution in [2.45, 2.75) is 19.8 Å². The second-order valence-corrected chi connectivity index (χ2v) is 5.44. The van der Waals surface area contributed by atoms with E-state index < -0.39 is 5.41 Å². The van der Waals surface area contributed by atoms with Crippen LogP contribution in [0.5, 0.6) is 5.88 Å². The van der Waals surface area contributed by atoms with Gasteiger partial charge >= 0.3 is 0 Å². The molecule has 6 heteroatoms. The van der Waals surface area contributed by atoms with Crippen molar-refractivity contribution < 1.29 is 9.53 Å². The number of hydrogen-bond acceptors (Lipinski definition) is 4. The molecule has 1 aromatic rings. The highest BCUT2D eigenvalue weighted by Gasteiger charge is 2.50. The van der Waals surface area contributed by atoms with E-state index in [1.54, 1.807) is 18.3 Å². The number of ether oxygens (including phenoxy) is 1.